The molecule has 1 aromatic heterocycles. The molecule has 0 unspecified atom stereocenters. The quantitative estimate of drug-likeness (QED) is 0.837. The molecule has 0 bridgehead atoms. The highest BCUT2D eigenvalue weighted by atomic mass is 32.1. The molecule has 0 saturated carbocycles. The average molecular weight is 227 g/mol. The molecule has 0 amide bonds. The summed E-state index contributed by atoms with van der Waals surface area (Å²) >= 11 is 1.79. The Balaban J connectivity index is 2.90. The van der Waals surface area contributed by atoms with Crippen LogP contribution in [-0.4, -0.2) is 25.6 Å². The lowest BCUT2D eigenvalue weighted by Gasteiger charge is -2.06. The maximum absolute atomic E-state index is 4.67. The fraction of sp³-hybridized carbons (Fsp3) is 0.727. The number of hydrogen-bond acceptors (Lipinski definition) is 4. The van der Waals surface area contributed by atoms with Crippen LogP contribution >= 0.6 is 11.3 Å². The van der Waals surface area contributed by atoms with Gasteiger partial charge in [0, 0.05) is 25.5 Å². The predicted molar refractivity (Wildman–Crippen MR) is 67.9 cm³/mol. The van der Waals surface area contributed by atoms with Gasteiger partial charge in [0.15, 0.2) is 5.13 Å². The van der Waals surface area contributed by atoms with Gasteiger partial charge in [-0.05, 0) is 12.5 Å². The van der Waals surface area contributed by atoms with E-state index in [1.807, 2.05) is 14.1 Å². The van der Waals surface area contributed by atoms with Crippen LogP contribution in [0.5, 0.6) is 0 Å². The molecule has 86 valence electrons. The number of thiazole rings is 1. The second kappa shape index (κ2) is 5.47. The molecule has 0 aliphatic carbocycles. The highest BCUT2D eigenvalue weighted by Gasteiger charge is 2.14. The summed E-state index contributed by atoms with van der Waals surface area (Å²) in [5, 5.41) is 4.47. The number of anilines is 1. The lowest BCUT2D eigenvalue weighted by molar-refractivity contribution is 0.714. The predicted octanol–water partition coefficient (Wildman–Crippen LogP) is 2.44. The molecule has 0 spiro atoms. The van der Waals surface area contributed by atoms with Gasteiger partial charge in [-0.15, -0.1) is 11.3 Å². The lowest BCUT2D eigenvalue weighted by atomic mass is 10.1. The summed E-state index contributed by atoms with van der Waals surface area (Å²) in [7, 11) is 4.08. The molecule has 1 N–H and O–H groups in total. The van der Waals surface area contributed by atoms with E-state index in [1.165, 1.54) is 10.6 Å². The van der Waals surface area contributed by atoms with Crippen molar-refractivity contribution in [1.29, 1.82) is 0 Å². The van der Waals surface area contributed by atoms with Gasteiger partial charge in [-0.2, -0.15) is 0 Å². The van der Waals surface area contributed by atoms with Crippen molar-refractivity contribution in [3.63, 3.8) is 0 Å². The second-order valence-electron chi connectivity index (χ2n) is 4.13. The Bertz CT molecular complexity index is 305. The Labute approximate surface area is 96.5 Å². The minimum Gasteiger partial charge on any atom is -0.354 e. The van der Waals surface area contributed by atoms with Crippen LogP contribution < -0.4 is 10.2 Å². The zero-order chi connectivity index (χ0) is 11.4. The van der Waals surface area contributed by atoms with Crippen molar-refractivity contribution in [2.24, 2.45) is 0 Å². The van der Waals surface area contributed by atoms with E-state index >= 15 is 0 Å². The minimum absolute atomic E-state index is 0.503. The van der Waals surface area contributed by atoms with Crippen LogP contribution in [0.15, 0.2) is 0 Å². The fourth-order valence-electron chi connectivity index (χ4n) is 1.36. The van der Waals surface area contributed by atoms with Gasteiger partial charge in [-0.3, -0.25) is 0 Å². The molecule has 0 radical (unpaired) electrons. The smallest absolute Gasteiger partial charge is 0.185 e. The molecule has 0 atom stereocenters. The molecule has 1 aromatic rings. The van der Waals surface area contributed by atoms with Gasteiger partial charge in [-0.25, -0.2) is 4.98 Å². The van der Waals surface area contributed by atoms with E-state index in [0.29, 0.717) is 5.92 Å². The molecule has 4 heteroatoms. The Morgan fingerprint density at radius 2 is 2.07 bits per heavy atom. The number of aromatic nitrogens is 1. The first kappa shape index (κ1) is 12.5. The van der Waals surface area contributed by atoms with Crippen LogP contribution in [0.2, 0.25) is 0 Å². The molecule has 1 heterocycles. The third-order valence-electron chi connectivity index (χ3n) is 2.18. The largest absolute Gasteiger partial charge is 0.354 e. The van der Waals surface area contributed by atoms with E-state index in [9.17, 15) is 0 Å². The van der Waals surface area contributed by atoms with Gasteiger partial charge in [0.25, 0.3) is 0 Å². The van der Waals surface area contributed by atoms with E-state index in [2.05, 4.69) is 36.0 Å². The van der Waals surface area contributed by atoms with Crippen molar-refractivity contribution < 1.29 is 0 Å². The molecule has 0 aromatic carbocycles. The van der Waals surface area contributed by atoms with Gasteiger partial charge >= 0.3 is 0 Å². The molecule has 1 rings (SSSR count). The molecule has 0 saturated heterocycles. The fourth-order valence-corrected chi connectivity index (χ4v) is 2.47. The number of hydrogen-bond donors (Lipinski definition) is 1. The monoisotopic (exact) mass is 227 g/mol. The van der Waals surface area contributed by atoms with Gasteiger partial charge < -0.3 is 10.2 Å². The molecular formula is C11H21N3S. The van der Waals surface area contributed by atoms with Crippen LogP contribution in [0, 0.1) is 0 Å². The van der Waals surface area contributed by atoms with Gasteiger partial charge in [0.05, 0.1) is 5.69 Å². The van der Waals surface area contributed by atoms with E-state index in [1.54, 1.807) is 11.3 Å². The van der Waals surface area contributed by atoms with Crippen LogP contribution in [0.25, 0.3) is 0 Å². The van der Waals surface area contributed by atoms with Crippen LogP contribution in [0.4, 0.5) is 5.13 Å². The second-order valence-corrected chi connectivity index (χ2v) is 5.20. The summed E-state index contributed by atoms with van der Waals surface area (Å²) in [6.45, 7) is 8.47. The first-order chi connectivity index (χ1) is 7.06. The number of nitrogens with zero attached hydrogens (tertiary/aromatic N) is 2. The van der Waals surface area contributed by atoms with E-state index in [-0.39, 0.29) is 0 Å². The summed E-state index contributed by atoms with van der Waals surface area (Å²) in [5.74, 6) is 0.503. The maximum Gasteiger partial charge on any atom is 0.185 e. The Hall–Kier alpha value is -0.610. The Morgan fingerprint density at radius 1 is 1.40 bits per heavy atom. The Morgan fingerprint density at radius 3 is 2.53 bits per heavy atom. The summed E-state index contributed by atoms with van der Waals surface area (Å²) in [4.78, 5) is 8.11. The van der Waals surface area contributed by atoms with Crippen LogP contribution in [-0.2, 0) is 6.54 Å². The third-order valence-corrected chi connectivity index (χ3v) is 3.42. The maximum atomic E-state index is 4.67. The standard InChI is InChI=1S/C11H21N3S/c1-6-12-7-9-10(8(2)3)13-11(15-9)14(4)5/h8,12H,6-7H2,1-5H3. The van der Waals surface area contributed by atoms with E-state index < -0.39 is 0 Å². The lowest BCUT2D eigenvalue weighted by Crippen LogP contribution is -2.12. The first-order valence-electron chi connectivity index (χ1n) is 5.43. The SMILES string of the molecule is CCNCc1sc(N(C)C)nc1C(C)C. The summed E-state index contributed by atoms with van der Waals surface area (Å²) in [6, 6.07) is 0. The summed E-state index contributed by atoms with van der Waals surface area (Å²) < 4.78 is 0. The van der Waals surface area contributed by atoms with Gasteiger partial charge in [0.2, 0.25) is 0 Å². The number of nitrogens with one attached hydrogen (secondary N) is 1. The van der Waals surface area contributed by atoms with Crippen molar-refractivity contribution in [2.75, 3.05) is 25.5 Å². The Kier molecular flexibility index (Phi) is 4.54. The van der Waals surface area contributed by atoms with Crippen LogP contribution in [0.3, 0.4) is 0 Å². The zero-order valence-corrected chi connectivity index (χ0v) is 11.1. The van der Waals surface area contributed by atoms with Crippen molar-refractivity contribution in [3.8, 4) is 0 Å². The zero-order valence-electron chi connectivity index (χ0n) is 10.3. The first-order valence-corrected chi connectivity index (χ1v) is 6.25. The summed E-state index contributed by atoms with van der Waals surface area (Å²) in [6.07, 6.45) is 0. The minimum atomic E-state index is 0.503. The highest BCUT2D eigenvalue weighted by molar-refractivity contribution is 7.15. The van der Waals surface area contributed by atoms with Crippen molar-refractivity contribution >= 4 is 16.5 Å². The van der Waals surface area contributed by atoms with Crippen molar-refractivity contribution in [3.05, 3.63) is 10.6 Å². The molecule has 0 fully saturated rings. The average Bonchev–Trinajstić information content (AvgIpc) is 2.58. The third kappa shape index (κ3) is 3.18. The van der Waals surface area contributed by atoms with Gasteiger partial charge in [0.1, 0.15) is 0 Å². The van der Waals surface area contributed by atoms with Crippen molar-refractivity contribution in [1.82, 2.24) is 10.3 Å². The molecular weight excluding hydrogens is 206 g/mol. The van der Waals surface area contributed by atoms with Crippen molar-refractivity contribution in [2.45, 2.75) is 33.2 Å². The van der Waals surface area contributed by atoms with Gasteiger partial charge in [-0.1, -0.05) is 20.8 Å². The van der Waals surface area contributed by atoms with E-state index in [4.69, 9.17) is 0 Å². The molecule has 15 heavy (non-hydrogen) atoms. The molecule has 0 aliphatic heterocycles. The molecule has 0 aliphatic rings. The summed E-state index contributed by atoms with van der Waals surface area (Å²) in [5.41, 5.74) is 1.24. The van der Waals surface area contributed by atoms with Crippen LogP contribution in [0.1, 0.15) is 37.3 Å². The number of rotatable bonds is 5. The van der Waals surface area contributed by atoms with E-state index in [0.717, 1.165) is 18.2 Å². The molecule has 3 nitrogen and oxygen atoms in total. The highest BCUT2D eigenvalue weighted by Crippen LogP contribution is 2.29. The topological polar surface area (TPSA) is 28.2 Å². The normalized spacial score (nSPS) is 11.1.